The monoisotopic (exact) mass is 249 g/mol. The third-order valence-electron chi connectivity index (χ3n) is 2.79. The predicted molar refractivity (Wildman–Crippen MR) is 72.5 cm³/mol. The van der Waals surface area contributed by atoms with Gasteiger partial charge >= 0.3 is 0 Å². The van der Waals surface area contributed by atoms with Crippen molar-refractivity contribution in [2.75, 3.05) is 38.2 Å². The summed E-state index contributed by atoms with van der Waals surface area (Å²) in [5.41, 5.74) is 8.61. The van der Waals surface area contributed by atoms with Gasteiger partial charge in [-0.25, -0.2) is 4.63 Å². The summed E-state index contributed by atoms with van der Waals surface area (Å²) in [7, 11) is 4.16. The Hall–Kier alpha value is -1.82. The highest BCUT2D eigenvalue weighted by Gasteiger charge is 2.09. The van der Waals surface area contributed by atoms with Crippen LogP contribution in [0.2, 0.25) is 0 Å². The molecule has 6 nitrogen and oxygen atoms in total. The van der Waals surface area contributed by atoms with Gasteiger partial charge in [0.05, 0.1) is 11.4 Å². The van der Waals surface area contributed by atoms with Crippen molar-refractivity contribution in [3.63, 3.8) is 0 Å². The van der Waals surface area contributed by atoms with Crippen LogP contribution in [0.4, 0.5) is 11.4 Å². The third kappa shape index (κ3) is 2.89. The first-order chi connectivity index (χ1) is 8.68. The van der Waals surface area contributed by atoms with Gasteiger partial charge in [0.15, 0.2) is 11.0 Å². The average Bonchev–Trinajstić information content (AvgIpc) is 2.81. The molecule has 0 aliphatic carbocycles. The molecule has 1 aromatic carbocycles. The Kier molecular flexibility index (Phi) is 3.99. The Morgan fingerprint density at radius 3 is 2.78 bits per heavy atom. The van der Waals surface area contributed by atoms with Crippen molar-refractivity contribution >= 4 is 22.4 Å². The molecule has 0 aliphatic rings. The van der Waals surface area contributed by atoms with Crippen LogP contribution in [-0.4, -0.2) is 42.4 Å². The third-order valence-corrected chi connectivity index (χ3v) is 2.79. The van der Waals surface area contributed by atoms with E-state index < -0.39 is 0 Å². The zero-order valence-corrected chi connectivity index (χ0v) is 10.8. The van der Waals surface area contributed by atoms with Gasteiger partial charge in [0.1, 0.15) is 0 Å². The van der Waals surface area contributed by atoms with Crippen molar-refractivity contribution in [3.05, 3.63) is 12.1 Å². The summed E-state index contributed by atoms with van der Waals surface area (Å²) >= 11 is 0. The van der Waals surface area contributed by atoms with Gasteiger partial charge in [-0.05, 0) is 55.9 Å². The van der Waals surface area contributed by atoms with E-state index in [1.165, 1.54) is 0 Å². The summed E-state index contributed by atoms with van der Waals surface area (Å²) in [4.78, 5) is 2.18. The van der Waals surface area contributed by atoms with Crippen LogP contribution in [0.15, 0.2) is 16.8 Å². The van der Waals surface area contributed by atoms with Gasteiger partial charge in [0.25, 0.3) is 0 Å². The maximum absolute atomic E-state index is 5.78. The Labute approximate surface area is 106 Å². The van der Waals surface area contributed by atoms with Crippen molar-refractivity contribution in [1.82, 2.24) is 15.2 Å². The Morgan fingerprint density at radius 1 is 1.22 bits per heavy atom. The SMILES string of the molecule is CN(C)CCCCNc1ccc(N)c2nonc12. The van der Waals surface area contributed by atoms with E-state index in [0.717, 1.165) is 31.6 Å². The largest absolute Gasteiger partial charge is 0.397 e. The topological polar surface area (TPSA) is 80.2 Å². The number of aromatic nitrogens is 2. The van der Waals surface area contributed by atoms with Crippen molar-refractivity contribution in [3.8, 4) is 0 Å². The maximum Gasteiger partial charge on any atom is 0.160 e. The summed E-state index contributed by atoms with van der Waals surface area (Å²) in [6, 6.07) is 3.72. The van der Waals surface area contributed by atoms with E-state index in [9.17, 15) is 0 Å². The van der Waals surface area contributed by atoms with Crippen molar-refractivity contribution in [2.24, 2.45) is 0 Å². The Balaban J connectivity index is 1.92. The van der Waals surface area contributed by atoms with Crippen LogP contribution in [0.5, 0.6) is 0 Å². The normalized spacial score (nSPS) is 11.3. The first-order valence-electron chi connectivity index (χ1n) is 6.08. The van der Waals surface area contributed by atoms with Gasteiger partial charge in [0, 0.05) is 6.54 Å². The van der Waals surface area contributed by atoms with Gasteiger partial charge in [-0.2, -0.15) is 0 Å². The number of fused-ring (bicyclic) bond motifs is 1. The van der Waals surface area contributed by atoms with Crippen molar-refractivity contribution < 1.29 is 4.63 Å². The van der Waals surface area contributed by atoms with E-state index in [-0.39, 0.29) is 0 Å². The summed E-state index contributed by atoms with van der Waals surface area (Å²) in [6.45, 7) is 2.00. The highest BCUT2D eigenvalue weighted by atomic mass is 16.6. The van der Waals surface area contributed by atoms with Crippen molar-refractivity contribution in [1.29, 1.82) is 0 Å². The molecule has 18 heavy (non-hydrogen) atoms. The van der Waals surface area contributed by atoms with Crippen LogP contribution in [0.3, 0.4) is 0 Å². The van der Waals surface area contributed by atoms with Crippen LogP contribution in [0.1, 0.15) is 12.8 Å². The van der Waals surface area contributed by atoms with E-state index in [4.69, 9.17) is 10.4 Å². The molecule has 0 atom stereocenters. The molecule has 0 radical (unpaired) electrons. The average molecular weight is 249 g/mol. The molecule has 0 fully saturated rings. The van der Waals surface area contributed by atoms with Crippen LogP contribution >= 0.6 is 0 Å². The summed E-state index contributed by atoms with van der Waals surface area (Å²) in [5, 5.41) is 11.0. The van der Waals surface area contributed by atoms with Gasteiger partial charge < -0.3 is 16.0 Å². The summed E-state index contributed by atoms with van der Waals surface area (Å²) in [5.74, 6) is 0. The van der Waals surface area contributed by atoms with E-state index >= 15 is 0 Å². The molecule has 0 saturated carbocycles. The molecule has 1 heterocycles. The first kappa shape index (κ1) is 12.6. The second-order valence-corrected chi connectivity index (χ2v) is 4.60. The van der Waals surface area contributed by atoms with Crippen LogP contribution < -0.4 is 11.1 Å². The predicted octanol–water partition coefficient (Wildman–Crippen LogP) is 1.56. The fraction of sp³-hybridized carbons (Fsp3) is 0.500. The zero-order valence-electron chi connectivity index (χ0n) is 10.8. The number of rotatable bonds is 6. The fourth-order valence-corrected chi connectivity index (χ4v) is 1.80. The highest BCUT2D eigenvalue weighted by Crippen LogP contribution is 2.24. The van der Waals surface area contributed by atoms with E-state index in [2.05, 4.69) is 34.6 Å². The molecule has 0 unspecified atom stereocenters. The molecule has 0 spiro atoms. The minimum Gasteiger partial charge on any atom is -0.397 e. The quantitative estimate of drug-likeness (QED) is 0.597. The number of nitrogens with zero attached hydrogens (tertiary/aromatic N) is 3. The molecule has 0 saturated heterocycles. The lowest BCUT2D eigenvalue weighted by Crippen LogP contribution is -2.14. The molecule has 0 bridgehead atoms. The summed E-state index contributed by atoms with van der Waals surface area (Å²) < 4.78 is 4.72. The number of nitrogens with two attached hydrogens (primary N) is 1. The molecular weight excluding hydrogens is 230 g/mol. The number of unbranched alkanes of at least 4 members (excludes halogenated alkanes) is 1. The van der Waals surface area contributed by atoms with E-state index in [1.54, 1.807) is 0 Å². The molecular formula is C12H19N5O. The number of anilines is 2. The lowest BCUT2D eigenvalue weighted by molar-refractivity contribution is 0.315. The van der Waals surface area contributed by atoms with Crippen LogP contribution in [-0.2, 0) is 0 Å². The number of benzene rings is 1. The van der Waals surface area contributed by atoms with Gasteiger partial charge in [0.2, 0.25) is 0 Å². The van der Waals surface area contributed by atoms with Gasteiger partial charge in [-0.3, -0.25) is 0 Å². The number of nitrogen functional groups attached to an aromatic ring is 1. The first-order valence-corrected chi connectivity index (χ1v) is 6.08. The van der Waals surface area contributed by atoms with Gasteiger partial charge in [-0.1, -0.05) is 0 Å². The van der Waals surface area contributed by atoms with Crippen LogP contribution in [0.25, 0.3) is 11.0 Å². The molecule has 0 aliphatic heterocycles. The van der Waals surface area contributed by atoms with Gasteiger partial charge in [-0.15, -0.1) is 0 Å². The molecule has 0 amide bonds. The molecule has 3 N–H and O–H groups in total. The second-order valence-electron chi connectivity index (χ2n) is 4.60. The smallest absolute Gasteiger partial charge is 0.160 e. The Bertz CT molecular complexity index is 508. The maximum atomic E-state index is 5.78. The molecule has 6 heteroatoms. The highest BCUT2D eigenvalue weighted by molar-refractivity contribution is 5.94. The molecule has 98 valence electrons. The minimum absolute atomic E-state index is 0.587. The molecule has 2 aromatic rings. The minimum atomic E-state index is 0.587. The van der Waals surface area contributed by atoms with Crippen molar-refractivity contribution in [2.45, 2.75) is 12.8 Å². The van der Waals surface area contributed by atoms with Crippen LogP contribution in [0, 0.1) is 0 Å². The molecule has 1 aromatic heterocycles. The standard InChI is InChI=1S/C12H19N5O/c1-17(2)8-4-3-7-14-10-6-5-9(13)11-12(10)16-18-15-11/h5-6,14H,3-4,7-8,13H2,1-2H3. The number of hydrogen-bond donors (Lipinski definition) is 2. The number of hydrogen-bond acceptors (Lipinski definition) is 6. The second kappa shape index (κ2) is 5.68. The fourth-order valence-electron chi connectivity index (χ4n) is 1.80. The van der Waals surface area contributed by atoms with E-state index in [1.807, 2.05) is 12.1 Å². The number of nitrogens with one attached hydrogen (secondary N) is 1. The lowest BCUT2D eigenvalue weighted by atomic mass is 10.2. The molecule has 2 rings (SSSR count). The lowest BCUT2D eigenvalue weighted by Gasteiger charge is -2.10. The summed E-state index contributed by atoms with van der Waals surface area (Å²) in [6.07, 6.45) is 2.27. The zero-order chi connectivity index (χ0) is 13.0. The van der Waals surface area contributed by atoms with E-state index in [0.29, 0.717) is 16.7 Å². The Morgan fingerprint density at radius 2 is 2.00 bits per heavy atom.